The van der Waals surface area contributed by atoms with E-state index < -0.39 is 0 Å². The van der Waals surface area contributed by atoms with Gasteiger partial charge in [0.05, 0.1) is 0 Å². The van der Waals surface area contributed by atoms with E-state index in [2.05, 4.69) is 72.2 Å². The van der Waals surface area contributed by atoms with Gasteiger partial charge in [-0.25, -0.2) is 0 Å². The normalized spacial score (nSPS) is 21.3. The second kappa shape index (κ2) is 8.28. The Kier molecular flexibility index (Phi) is 5.84. The summed E-state index contributed by atoms with van der Waals surface area (Å²) >= 11 is 0. The minimum Gasteiger partial charge on any atom is -0.308 e. The molecule has 1 fully saturated rings. The van der Waals surface area contributed by atoms with Gasteiger partial charge in [-0.15, -0.1) is 0 Å². The van der Waals surface area contributed by atoms with Crippen molar-refractivity contribution in [2.75, 3.05) is 0 Å². The highest BCUT2D eigenvalue weighted by Gasteiger charge is 2.24. The summed E-state index contributed by atoms with van der Waals surface area (Å²) in [6, 6.07) is 20.7. The first-order chi connectivity index (χ1) is 11.3. The first-order valence-electron chi connectivity index (χ1n) is 8.87. The molecule has 1 aliphatic rings. The van der Waals surface area contributed by atoms with Crippen molar-refractivity contribution in [1.29, 1.82) is 0 Å². The third-order valence-corrected chi connectivity index (χ3v) is 4.87. The Morgan fingerprint density at radius 1 is 0.739 bits per heavy atom. The molecule has 3 rings (SSSR count). The van der Waals surface area contributed by atoms with E-state index in [4.69, 9.17) is 0 Å². The molecule has 2 aromatic carbocycles. The van der Waals surface area contributed by atoms with Crippen molar-refractivity contribution in [3.8, 4) is 0 Å². The Bertz CT molecular complexity index is 577. The second-order valence-electron chi connectivity index (χ2n) is 6.73. The second-order valence-corrected chi connectivity index (χ2v) is 6.73. The standard InChI is InChI=1S/C21H28N2/c1-17-11-13-19(14-12-17)16-23-21-10-6-5-9-20(21)22-15-18-7-3-2-4-8-18/h2-4,7-8,11-14,20-23H,5-6,9-10,15-16H2,1H3. The summed E-state index contributed by atoms with van der Waals surface area (Å²) in [5.74, 6) is 0. The fraction of sp³-hybridized carbons (Fsp3) is 0.429. The predicted molar refractivity (Wildman–Crippen MR) is 97.3 cm³/mol. The molecule has 0 radical (unpaired) electrons. The van der Waals surface area contributed by atoms with Gasteiger partial charge in [0.25, 0.3) is 0 Å². The third-order valence-electron chi connectivity index (χ3n) is 4.87. The molecular weight excluding hydrogens is 280 g/mol. The summed E-state index contributed by atoms with van der Waals surface area (Å²) < 4.78 is 0. The van der Waals surface area contributed by atoms with Crippen molar-refractivity contribution >= 4 is 0 Å². The Morgan fingerprint density at radius 2 is 1.26 bits per heavy atom. The zero-order chi connectivity index (χ0) is 15.9. The largest absolute Gasteiger partial charge is 0.308 e. The van der Waals surface area contributed by atoms with Crippen molar-refractivity contribution in [3.63, 3.8) is 0 Å². The molecule has 2 unspecified atom stereocenters. The summed E-state index contributed by atoms with van der Waals surface area (Å²) in [5.41, 5.74) is 4.08. The zero-order valence-electron chi connectivity index (χ0n) is 14.1. The van der Waals surface area contributed by atoms with Gasteiger partial charge in [0, 0.05) is 25.2 Å². The van der Waals surface area contributed by atoms with Crippen LogP contribution in [0.2, 0.25) is 0 Å². The van der Waals surface area contributed by atoms with Crippen LogP contribution in [0.4, 0.5) is 0 Å². The first kappa shape index (κ1) is 16.2. The molecule has 2 N–H and O–H groups in total. The van der Waals surface area contributed by atoms with E-state index in [1.807, 2.05) is 0 Å². The molecular formula is C21H28N2. The van der Waals surface area contributed by atoms with E-state index >= 15 is 0 Å². The molecule has 0 saturated heterocycles. The molecule has 0 aromatic heterocycles. The van der Waals surface area contributed by atoms with Gasteiger partial charge in [0.2, 0.25) is 0 Å². The van der Waals surface area contributed by atoms with Crippen LogP contribution < -0.4 is 10.6 Å². The molecule has 2 atom stereocenters. The van der Waals surface area contributed by atoms with E-state index in [1.54, 1.807) is 0 Å². The number of rotatable bonds is 6. The lowest BCUT2D eigenvalue weighted by Gasteiger charge is -2.33. The molecule has 0 bridgehead atoms. The number of nitrogens with one attached hydrogen (secondary N) is 2. The maximum absolute atomic E-state index is 3.78. The van der Waals surface area contributed by atoms with Crippen molar-refractivity contribution in [2.24, 2.45) is 0 Å². The van der Waals surface area contributed by atoms with Crippen LogP contribution in [0.5, 0.6) is 0 Å². The molecule has 0 aliphatic heterocycles. The minimum absolute atomic E-state index is 0.578. The SMILES string of the molecule is Cc1ccc(CNC2CCCCC2NCc2ccccc2)cc1. The molecule has 2 aromatic rings. The molecule has 0 amide bonds. The molecule has 0 heterocycles. The first-order valence-corrected chi connectivity index (χ1v) is 8.87. The lowest BCUT2D eigenvalue weighted by Crippen LogP contribution is -2.49. The van der Waals surface area contributed by atoms with E-state index in [0.717, 1.165) is 13.1 Å². The van der Waals surface area contributed by atoms with Crippen LogP contribution in [-0.2, 0) is 13.1 Å². The van der Waals surface area contributed by atoms with Gasteiger partial charge in [-0.3, -0.25) is 0 Å². The van der Waals surface area contributed by atoms with Crippen LogP contribution in [0, 0.1) is 6.92 Å². The van der Waals surface area contributed by atoms with Crippen molar-refractivity contribution < 1.29 is 0 Å². The van der Waals surface area contributed by atoms with Crippen LogP contribution in [0.15, 0.2) is 54.6 Å². The van der Waals surface area contributed by atoms with Gasteiger partial charge in [0.15, 0.2) is 0 Å². The fourth-order valence-corrected chi connectivity index (χ4v) is 3.42. The van der Waals surface area contributed by atoms with Crippen molar-refractivity contribution in [1.82, 2.24) is 10.6 Å². The number of hydrogen-bond donors (Lipinski definition) is 2. The van der Waals surface area contributed by atoms with Gasteiger partial charge < -0.3 is 10.6 Å². The van der Waals surface area contributed by atoms with E-state index in [-0.39, 0.29) is 0 Å². The Morgan fingerprint density at radius 3 is 1.83 bits per heavy atom. The molecule has 1 aliphatic carbocycles. The maximum Gasteiger partial charge on any atom is 0.0224 e. The Balaban J connectivity index is 1.52. The summed E-state index contributed by atoms with van der Waals surface area (Å²) in [5, 5.41) is 7.55. The van der Waals surface area contributed by atoms with Crippen LogP contribution in [0.25, 0.3) is 0 Å². The topological polar surface area (TPSA) is 24.1 Å². The van der Waals surface area contributed by atoms with E-state index in [1.165, 1.54) is 42.4 Å². The third kappa shape index (κ3) is 4.92. The van der Waals surface area contributed by atoms with Crippen LogP contribution in [0.3, 0.4) is 0 Å². The van der Waals surface area contributed by atoms with E-state index in [9.17, 15) is 0 Å². The molecule has 122 valence electrons. The summed E-state index contributed by atoms with van der Waals surface area (Å²) in [4.78, 5) is 0. The molecule has 2 nitrogen and oxygen atoms in total. The average molecular weight is 308 g/mol. The lowest BCUT2D eigenvalue weighted by atomic mass is 9.90. The quantitative estimate of drug-likeness (QED) is 0.836. The molecule has 2 heteroatoms. The van der Waals surface area contributed by atoms with Gasteiger partial charge >= 0.3 is 0 Å². The monoisotopic (exact) mass is 308 g/mol. The minimum atomic E-state index is 0.578. The highest BCUT2D eigenvalue weighted by molar-refractivity contribution is 5.21. The van der Waals surface area contributed by atoms with Crippen molar-refractivity contribution in [2.45, 2.75) is 57.8 Å². The van der Waals surface area contributed by atoms with Crippen molar-refractivity contribution in [3.05, 3.63) is 71.3 Å². The molecule has 1 saturated carbocycles. The summed E-state index contributed by atoms with van der Waals surface area (Å²) in [6.07, 6.45) is 5.24. The number of aryl methyl sites for hydroxylation is 1. The van der Waals surface area contributed by atoms with Gasteiger partial charge in [-0.2, -0.15) is 0 Å². The predicted octanol–water partition coefficient (Wildman–Crippen LogP) is 4.19. The Hall–Kier alpha value is -1.64. The van der Waals surface area contributed by atoms with E-state index in [0.29, 0.717) is 12.1 Å². The van der Waals surface area contributed by atoms with Gasteiger partial charge in [0.1, 0.15) is 0 Å². The van der Waals surface area contributed by atoms with Gasteiger partial charge in [-0.05, 0) is 30.9 Å². The Labute approximate surface area is 140 Å². The molecule has 0 spiro atoms. The lowest BCUT2D eigenvalue weighted by molar-refractivity contribution is 0.281. The molecule has 23 heavy (non-hydrogen) atoms. The highest BCUT2D eigenvalue weighted by Crippen LogP contribution is 2.19. The van der Waals surface area contributed by atoms with Crippen LogP contribution in [-0.4, -0.2) is 12.1 Å². The van der Waals surface area contributed by atoms with Crippen LogP contribution in [0.1, 0.15) is 42.4 Å². The maximum atomic E-state index is 3.78. The number of hydrogen-bond acceptors (Lipinski definition) is 2. The van der Waals surface area contributed by atoms with Gasteiger partial charge in [-0.1, -0.05) is 73.0 Å². The summed E-state index contributed by atoms with van der Waals surface area (Å²) in [7, 11) is 0. The van der Waals surface area contributed by atoms with Crippen LogP contribution >= 0.6 is 0 Å². The zero-order valence-corrected chi connectivity index (χ0v) is 14.1. The average Bonchev–Trinajstić information content (AvgIpc) is 2.61. The smallest absolute Gasteiger partial charge is 0.0224 e. The highest BCUT2D eigenvalue weighted by atomic mass is 15.0. The number of benzene rings is 2. The summed E-state index contributed by atoms with van der Waals surface area (Å²) in [6.45, 7) is 4.07. The fourth-order valence-electron chi connectivity index (χ4n) is 3.42.